The van der Waals surface area contributed by atoms with Crippen LogP contribution in [0.4, 0.5) is 0 Å². The molecule has 1 fully saturated rings. The quantitative estimate of drug-likeness (QED) is 0.0274. The maximum Gasteiger partial charge on any atom is 0.343 e. The van der Waals surface area contributed by atoms with Crippen molar-refractivity contribution in [3.63, 3.8) is 0 Å². The van der Waals surface area contributed by atoms with Crippen molar-refractivity contribution < 1.29 is 47.5 Å². The van der Waals surface area contributed by atoms with Gasteiger partial charge in [-0.2, -0.15) is 0 Å². The number of esters is 3. The number of hydrogen-bond acceptors (Lipinski definition) is 11. The fourth-order valence-corrected chi connectivity index (χ4v) is 4.91. The van der Waals surface area contributed by atoms with Crippen LogP contribution in [-0.2, 0) is 19.0 Å². The van der Waals surface area contributed by atoms with Crippen molar-refractivity contribution in [3.8, 4) is 34.1 Å². The van der Waals surface area contributed by atoms with Crippen molar-refractivity contribution in [2.24, 2.45) is 0 Å². The SMILES string of the molecule is C=CC(=O)OCCCOc1ccc(-c2ccc(C(=O)Oc3ccc(OC(=O)c4ccc(OCCCOC5OC5(C)C)cc4)c(C(C)=N)c3)cc2)cc1. The molecule has 0 spiro atoms. The number of carbonyl (C=O) groups is 3. The van der Waals surface area contributed by atoms with E-state index in [0.717, 1.165) is 17.2 Å². The lowest BCUT2D eigenvalue weighted by Gasteiger charge is -2.12. The first kappa shape index (κ1) is 37.5. The van der Waals surface area contributed by atoms with Gasteiger partial charge in [0.1, 0.15) is 28.6 Å². The normalized spacial score (nSPS) is 14.1. The van der Waals surface area contributed by atoms with E-state index in [1.807, 2.05) is 50.2 Å². The minimum atomic E-state index is -0.606. The minimum absolute atomic E-state index is 0.125. The van der Waals surface area contributed by atoms with Crippen molar-refractivity contribution in [3.05, 3.63) is 120 Å². The van der Waals surface area contributed by atoms with Crippen LogP contribution in [0.3, 0.4) is 0 Å². The Bertz CT molecular complexity index is 1880. The molecular weight excluding hydrogens is 666 g/mol. The van der Waals surface area contributed by atoms with Crippen molar-refractivity contribution in [2.45, 2.75) is 45.5 Å². The second-order valence-electron chi connectivity index (χ2n) is 12.4. The van der Waals surface area contributed by atoms with Crippen LogP contribution < -0.4 is 18.9 Å². The summed E-state index contributed by atoms with van der Waals surface area (Å²) in [6, 6.07) is 25.5. The number of benzene rings is 4. The summed E-state index contributed by atoms with van der Waals surface area (Å²) in [6.45, 7) is 10.5. The summed E-state index contributed by atoms with van der Waals surface area (Å²) in [7, 11) is 0. The van der Waals surface area contributed by atoms with Crippen LogP contribution in [0.1, 0.15) is 59.9 Å². The first-order valence-corrected chi connectivity index (χ1v) is 16.8. The van der Waals surface area contributed by atoms with Gasteiger partial charge in [0.05, 0.1) is 37.6 Å². The zero-order chi connectivity index (χ0) is 37.1. The molecule has 0 aromatic heterocycles. The topological polar surface area (TPSA) is 143 Å². The average molecular weight is 708 g/mol. The van der Waals surface area contributed by atoms with Crippen LogP contribution in [0.25, 0.3) is 11.1 Å². The number of epoxide rings is 1. The molecule has 0 amide bonds. The van der Waals surface area contributed by atoms with Gasteiger partial charge in [-0.15, -0.1) is 0 Å². The Hall–Kier alpha value is -5.78. The number of rotatable bonds is 18. The Morgan fingerprint density at radius 1 is 0.731 bits per heavy atom. The van der Waals surface area contributed by atoms with Crippen molar-refractivity contribution in [2.75, 3.05) is 26.4 Å². The molecule has 1 aliphatic rings. The van der Waals surface area contributed by atoms with Crippen LogP contribution in [-0.4, -0.2) is 61.9 Å². The summed E-state index contributed by atoms with van der Waals surface area (Å²) in [5.41, 5.74) is 2.68. The molecule has 1 unspecified atom stereocenters. The summed E-state index contributed by atoms with van der Waals surface area (Å²) < 4.78 is 38.6. The lowest BCUT2D eigenvalue weighted by atomic mass is 10.0. The molecule has 1 saturated heterocycles. The lowest BCUT2D eigenvalue weighted by Crippen LogP contribution is -2.12. The smallest absolute Gasteiger partial charge is 0.343 e. The molecule has 0 radical (unpaired) electrons. The first-order chi connectivity index (χ1) is 25.0. The summed E-state index contributed by atoms with van der Waals surface area (Å²) in [4.78, 5) is 37.0. The third kappa shape index (κ3) is 10.6. The highest BCUT2D eigenvalue weighted by Gasteiger charge is 2.49. The molecule has 4 aromatic carbocycles. The molecular formula is C41H41NO10. The zero-order valence-corrected chi connectivity index (χ0v) is 29.3. The van der Waals surface area contributed by atoms with Crippen molar-refractivity contribution in [1.29, 1.82) is 5.41 Å². The van der Waals surface area contributed by atoms with Crippen LogP contribution in [0.5, 0.6) is 23.0 Å². The van der Waals surface area contributed by atoms with Crippen LogP contribution >= 0.6 is 0 Å². The van der Waals surface area contributed by atoms with E-state index >= 15 is 0 Å². The molecule has 0 bridgehead atoms. The molecule has 11 heteroatoms. The van der Waals surface area contributed by atoms with E-state index in [1.165, 1.54) is 18.2 Å². The van der Waals surface area contributed by atoms with E-state index in [4.69, 9.17) is 38.6 Å². The molecule has 1 atom stereocenters. The molecule has 1 aliphatic heterocycles. The highest BCUT2D eigenvalue weighted by molar-refractivity contribution is 6.01. The minimum Gasteiger partial charge on any atom is -0.494 e. The van der Waals surface area contributed by atoms with E-state index in [-0.39, 0.29) is 35.7 Å². The monoisotopic (exact) mass is 707 g/mol. The van der Waals surface area contributed by atoms with Gasteiger partial charge in [-0.05, 0) is 98.6 Å². The summed E-state index contributed by atoms with van der Waals surface area (Å²) in [5.74, 6) is 0.00322. The Kier molecular flexibility index (Phi) is 12.6. The summed E-state index contributed by atoms with van der Waals surface area (Å²) in [5, 5.41) is 8.24. The lowest BCUT2D eigenvalue weighted by molar-refractivity contribution is -0.137. The van der Waals surface area contributed by atoms with Gasteiger partial charge in [0, 0.05) is 30.2 Å². The standard InChI is InChI=1S/C41H41NO10/c1-5-37(43)48-24-6-22-46-32-16-12-29(13-17-32)28-8-10-30(11-9-28)38(44)50-34-20-21-36(35(26-34)27(2)42)51-39(45)31-14-18-33(19-15-31)47-23-7-25-49-40-41(3,4)52-40/h5,8-21,26,40,42H,1,6-7,22-25H2,2-4H3. The predicted molar refractivity (Wildman–Crippen MR) is 193 cm³/mol. The summed E-state index contributed by atoms with van der Waals surface area (Å²) >= 11 is 0. The van der Waals surface area contributed by atoms with E-state index in [9.17, 15) is 14.4 Å². The van der Waals surface area contributed by atoms with Crippen molar-refractivity contribution >= 4 is 23.6 Å². The number of ether oxygens (including phenoxy) is 7. The second-order valence-corrected chi connectivity index (χ2v) is 12.4. The maximum atomic E-state index is 13.0. The Labute approximate surface area is 302 Å². The van der Waals surface area contributed by atoms with Crippen LogP contribution in [0.2, 0.25) is 0 Å². The first-order valence-electron chi connectivity index (χ1n) is 16.8. The fourth-order valence-electron chi connectivity index (χ4n) is 4.91. The average Bonchev–Trinajstić information content (AvgIpc) is 3.77. The van der Waals surface area contributed by atoms with E-state index < -0.39 is 17.9 Å². The molecule has 1 N–H and O–H groups in total. The molecule has 0 aliphatic carbocycles. The van der Waals surface area contributed by atoms with Gasteiger partial charge in [0.15, 0.2) is 6.29 Å². The number of hydrogen-bond donors (Lipinski definition) is 1. The van der Waals surface area contributed by atoms with Gasteiger partial charge >= 0.3 is 17.9 Å². The van der Waals surface area contributed by atoms with Gasteiger partial charge in [-0.1, -0.05) is 30.8 Å². The third-order valence-corrected chi connectivity index (χ3v) is 7.88. The number of nitrogens with one attached hydrogen (secondary N) is 1. The highest BCUT2D eigenvalue weighted by Crippen LogP contribution is 2.36. The van der Waals surface area contributed by atoms with Gasteiger partial charge in [0.2, 0.25) is 0 Å². The summed E-state index contributed by atoms with van der Waals surface area (Å²) in [6.07, 6.45) is 2.21. The van der Waals surface area contributed by atoms with Gasteiger partial charge in [-0.25, -0.2) is 14.4 Å². The van der Waals surface area contributed by atoms with E-state index in [2.05, 4.69) is 6.58 Å². The molecule has 5 rings (SSSR count). The van der Waals surface area contributed by atoms with E-state index in [0.29, 0.717) is 60.9 Å². The molecule has 4 aromatic rings. The zero-order valence-electron chi connectivity index (χ0n) is 29.3. The molecule has 52 heavy (non-hydrogen) atoms. The third-order valence-electron chi connectivity index (χ3n) is 7.88. The van der Waals surface area contributed by atoms with Crippen LogP contribution in [0.15, 0.2) is 104 Å². The molecule has 270 valence electrons. The van der Waals surface area contributed by atoms with Gasteiger partial charge in [0.25, 0.3) is 0 Å². The number of carbonyl (C=O) groups excluding carboxylic acids is 3. The van der Waals surface area contributed by atoms with Gasteiger partial charge < -0.3 is 38.6 Å². The Balaban J connectivity index is 1.10. The molecule has 0 saturated carbocycles. The van der Waals surface area contributed by atoms with Crippen molar-refractivity contribution in [1.82, 2.24) is 0 Å². The molecule has 11 nitrogen and oxygen atoms in total. The van der Waals surface area contributed by atoms with Gasteiger partial charge in [-0.3, -0.25) is 0 Å². The van der Waals surface area contributed by atoms with E-state index in [1.54, 1.807) is 43.3 Å². The largest absolute Gasteiger partial charge is 0.494 e. The predicted octanol–water partition coefficient (Wildman–Crippen LogP) is 7.60. The van der Waals surface area contributed by atoms with Crippen LogP contribution in [0, 0.1) is 5.41 Å². The molecule has 1 heterocycles. The second kappa shape index (κ2) is 17.4. The highest BCUT2D eigenvalue weighted by atomic mass is 16.8. The Morgan fingerprint density at radius 3 is 1.79 bits per heavy atom. The Morgan fingerprint density at radius 2 is 1.23 bits per heavy atom. The fraction of sp³-hybridized carbons (Fsp3) is 0.268. The maximum absolute atomic E-state index is 13.0.